The van der Waals surface area contributed by atoms with Crippen molar-refractivity contribution < 1.29 is 0 Å². The molecule has 0 spiro atoms. The van der Waals surface area contributed by atoms with Crippen molar-refractivity contribution in [2.75, 3.05) is 13.1 Å². The van der Waals surface area contributed by atoms with Gasteiger partial charge in [0.1, 0.15) is 0 Å². The second-order valence-corrected chi connectivity index (χ2v) is 5.51. The Bertz CT molecular complexity index is 360. The Kier molecular flexibility index (Phi) is 4.18. The summed E-state index contributed by atoms with van der Waals surface area (Å²) in [5.74, 6) is 0. The SMILES string of the molecule is CCCCNC(=S)N1CCc2sccc2C1. The first-order chi connectivity index (χ1) is 7.81. The highest BCUT2D eigenvalue weighted by Crippen LogP contribution is 2.23. The molecule has 2 rings (SSSR count). The molecule has 2 nitrogen and oxygen atoms in total. The van der Waals surface area contributed by atoms with Crippen molar-refractivity contribution in [3.63, 3.8) is 0 Å². The molecule has 1 aliphatic rings. The molecule has 0 atom stereocenters. The molecule has 0 bridgehead atoms. The van der Waals surface area contributed by atoms with E-state index in [1.54, 1.807) is 0 Å². The molecule has 1 aromatic heterocycles. The summed E-state index contributed by atoms with van der Waals surface area (Å²) in [7, 11) is 0. The van der Waals surface area contributed by atoms with Crippen LogP contribution < -0.4 is 5.32 Å². The third-order valence-corrected chi connectivity index (χ3v) is 4.33. The minimum Gasteiger partial charge on any atom is -0.363 e. The molecule has 0 amide bonds. The Balaban J connectivity index is 1.86. The number of nitrogens with one attached hydrogen (secondary N) is 1. The van der Waals surface area contributed by atoms with E-state index in [1.807, 2.05) is 11.3 Å². The predicted molar refractivity (Wildman–Crippen MR) is 73.9 cm³/mol. The van der Waals surface area contributed by atoms with Crippen LogP contribution in [0.25, 0.3) is 0 Å². The molecule has 0 aliphatic carbocycles. The highest BCUT2D eigenvalue weighted by atomic mass is 32.1. The summed E-state index contributed by atoms with van der Waals surface area (Å²) in [6.07, 6.45) is 3.55. The molecule has 1 aromatic rings. The van der Waals surface area contributed by atoms with E-state index < -0.39 is 0 Å². The zero-order valence-corrected chi connectivity index (χ0v) is 11.3. The number of hydrogen-bond donors (Lipinski definition) is 1. The number of unbranched alkanes of at least 4 members (excludes halogenated alkanes) is 1. The van der Waals surface area contributed by atoms with Gasteiger partial charge in [0.15, 0.2) is 5.11 Å². The summed E-state index contributed by atoms with van der Waals surface area (Å²) in [6.45, 7) is 5.24. The minimum atomic E-state index is 0.922. The third kappa shape index (κ3) is 2.74. The van der Waals surface area contributed by atoms with Crippen LogP contribution in [0.1, 0.15) is 30.2 Å². The fraction of sp³-hybridized carbons (Fsp3) is 0.583. The van der Waals surface area contributed by atoms with E-state index in [-0.39, 0.29) is 0 Å². The number of fused-ring (bicyclic) bond motifs is 1. The van der Waals surface area contributed by atoms with Gasteiger partial charge in [-0.25, -0.2) is 0 Å². The minimum absolute atomic E-state index is 0.922. The normalized spacial score (nSPS) is 14.7. The molecule has 0 saturated carbocycles. The lowest BCUT2D eigenvalue weighted by atomic mass is 10.1. The van der Waals surface area contributed by atoms with E-state index in [0.29, 0.717) is 0 Å². The smallest absolute Gasteiger partial charge is 0.169 e. The van der Waals surface area contributed by atoms with Gasteiger partial charge in [-0.1, -0.05) is 13.3 Å². The standard InChI is InChI=1S/C12H18N2S2/c1-2-3-6-13-12(15)14-7-4-11-10(9-14)5-8-16-11/h5,8H,2-4,6-7,9H2,1H3,(H,13,15). The summed E-state index contributed by atoms with van der Waals surface area (Å²) in [5, 5.41) is 6.44. The largest absolute Gasteiger partial charge is 0.363 e. The Morgan fingerprint density at radius 3 is 3.31 bits per heavy atom. The molecule has 88 valence electrons. The molecule has 0 radical (unpaired) electrons. The zero-order valence-electron chi connectivity index (χ0n) is 9.66. The average Bonchev–Trinajstić information content (AvgIpc) is 2.76. The fourth-order valence-corrected chi connectivity index (χ4v) is 3.05. The van der Waals surface area contributed by atoms with E-state index in [9.17, 15) is 0 Å². The summed E-state index contributed by atoms with van der Waals surface area (Å²) in [4.78, 5) is 3.81. The second-order valence-electron chi connectivity index (χ2n) is 4.13. The van der Waals surface area contributed by atoms with Crippen LogP contribution in [0.15, 0.2) is 11.4 Å². The Morgan fingerprint density at radius 1 is 1.62 bits per heavy atom. The van der Waals surface area contributed by atoms with Crippen molar-refractivity contribution in [1.29, 1.82) is 0 Å². The van der Waals surface area contributed by atoms with Crippen LogP contribution in [0.2, 0.25) is 0 Å². The monoisotopic (exact) mass is 254 g/mol. The van der Waals surface area contributed by atoms with Crippen molar-refractivity contribution in [2.24, 2.45) is 0 Å². The first-order valence-corrected chi connectivity index (χ1v) is 7.18. The van der Waals surface area contributed by atoms with Crippen LogP contribution in [-0.2, 0) is 13.0 Å². The number of thiocarbonyl (C=S) groups is 1. The Labute approximate surface area is 107 Å². The van der Waals surface area contributed by atoms with Crippen molar-refractivity contribution in [1.82, 2.24) is 10.2 Å². The molecule has 2 heterocycles. The molecule has 0 saturated heterocycles. The molecular formula is C12H18N2S2. The maximum absolute atomic E-state index is 5.41. The first kappa shape index (κ1) is 11.9. The topological polar surface area (TPSA) is 15.3 Å². The van der Waals surface area contributed by atoms with E-state index in [2.05, 4.69) is 28.6 Å². The highest BCUT2D eigenvalue weighted by molar-refractivity contribution is 7.80. The molecule has 16 heavy (non-hydrogen) atoms. The van der Waals surface area contributed by atoms with Gasteiger partial charge in [-0.15, -0.1) is 11.3 Å². The molecule has 0 unspecified atom stereocenters. The molecule has 0 aromatic carbocycles. The molecule has 4 heteroatoms. The van der Waals surface area contributed by atoms with E-state index in [1.165, 1.54) is 23.3 Å². The van der Waals surface area contributed by atoms with E-state index in [0.717, 1.165) is 31.2 Å². The molecular weight excluding hydrogens is 236 g/mol. The van der Waals surface area contributed by atoms with Crippen LogP contribution in [0.3, 0.4) is 0 Å². The van der Waals surface area contributed by atoms with Gasteiger partial charge in [-0.3, -0.25) is 0 Å². The van der Waals surface area contributed by atoms with Crippen molar-refractivity contribution in [2.45, 2.75) is 32.7 Å². The van der Waals surface area contributed by atoms with Crippen LogP contribution >= 0.6 is 23.6 Å². The van der Waals surface area contributed by atoms with Crippen LogP contribution in [0.5, 0.6) is 0 Å². The summed E-state index contributed by atoms with van der Waals surface area (Å²) >= 11 is 7.28. The summed E-state index contributed by atoms with van der Waals surface area (Å²) < 4.78 is 0. The van der Waals surface area contributed by atoms with Gasteiger partial charge in [-0.05, 0) is 42.1 Å². The third-order valence-electron chi connectivity index (χ3n) is 2.90. The van der Waals surface area contributed by atoms with Crippen LogP contribution in [0, 0.1) is 0 Å². The Morgan fingerprint density at radius 2 is 2.50 bits per heavy atom. The number of rotatable bonds is 3. The molecule has 0 fully saturated rings. The lowest BCUT2D eigenvalue weighted by Gasteiger charge is -2.29. The lowest BCUT2D eigenvalue weighted by molar-refractivity contribution is 0.390. The highest BCUT2D eigenvalue weighted by Gasteiger charge is 2.18. The second kappa shape index (κ2) is 5.64. The van der Waals surface area contributed by atoms with Crippen molar-refractivity contribution >= 4 is 28.7 Å². The quantitative estimate of drug-likeness (QED) is 0.659. The van der Waals surface area contributed by atoms with Gasteiger partial charge in [0.05, 0.1) is 0 Å². The predicted octanol–water partition coefficient (Wildman–Crippen LogP) is 2.78. The van der Waals surface area contributed by atoms with Gasteiger partial charge >= 0.3 is 0 Å². The van der Waals surface area contributed by atoms with Gasteiger partial charge in [0.25, 0.3) is 0 Å². The maximum atomic E-state index is 5.41. The van der Waals surface area contributed by atoms with Crippen LogP contribution in [0.4, 0.5) is 0 Å². The van der Waals surface area contributed by atoms with Gasteiger partial charge in [-0.2, -0.15) is 0 Å². The number of thiophene rings is 1. The Hall–Kier alpha value is -0.610. The lowest BCUT2D eigenvalue weighted by Crippen LogP contribution is -2.42. The van der Waals surface area contributed by atoms with Gasteiger partial charge < -0.3 is 10.2 Å². The van der Waals surface area contributed by atoms with Gasteiger partial charge in [0, 0.05) is 24.5 Å². The molecule has 1 aliphatic heterocycles. The average molecular weight is 254 g/mol. The number of hydrogen-bond acceptors (Lipinski definition) is 2. The number of nitrogens with zero attached hydrogens (tertiary/aromatic N) is 1. The summed E-state index contributed by atoms with van der Waals surface area (Å²) in [5.41, 5.74) is 1.45. The van der Waals surface area contributed by atoms with Crippen molar-refractivity contribution in [3.8, 4) is 0 Å². The molecule has 1 N–H and O–H groups in total. The van der Waals surface area contributed by atoms with E-state index >= 15 is 0 Å². The first-order valence-electron chi connectivity index (χ1n) is 5.89. The van der Waals surface area contributed by atoms with Crippen LogP contribution in [-0.4, -0.2) is 23.1 Å². The van der Waals surface area contributed by atoms with E-state index in [4.69, 9.17) is 12.2 Å². The zero-order chi connectivity index (χ0) is 11.4. The summed E-state index contributed by atoms with van der Waals surface area (Å²) in [6, 6.07) is 2.22. The van der Waals surface area contributed by atoms with Gasteiger partial charge in [0.2, 0.25) is 0 Å². The fourth-order valence-electron chi connectivity index (χ4n) is 1.91. The maximum Gasteiger partial charge on any atom is 0.169 e. The van der Waals surface area contributed by atoms with Crippen molar-refractivity contribution in [3.05, 3.63) is 21.9 Å².